The van der Waals surface area contributed by atoms with Crippen molar-refractivity contribution in [3.05, 3.63) is 35.9 Å². The van der Waals surface area contributed by atoms with E-state index in [1.165, 1.54) is 0 Å². The maximum atomic E-state index is 10.3. The molecule has 2 fully saturated rings. The molecule has 1 spiro atoms. The summed E-state index contributed by atoms with van der Waals surface area (Å²) in [6.45, 7) is 1.19. The van der Waals surface area contributed by atoms with Gasteiger partial charge in [0.2, 0.25) is 0 Å². The Bertz CT molecular complexity index is 415. The Morgan fingerprint density at radius 3 is 2.74 bits per heavy atom. The molecule has 1 aliphatic heterocycles. The highest BCUT2D eigenvalue weighted by Crippen LogP contribution is 2.43. The summed E-state index contributed by atoms with van der Waals surface area (Å²) in [5, 5.41) is 10.3. The van der Waals surface area contributed by atoms with E-state index in [4.69, 9.17) is 14.2 Å². The van der Waals surface area contributed by atoms with E-state index in [1.807, 2.05) is 30.3 Å². The molecule has 0 aromatic heterocycles. The topological polar surface area (TPSA) is 51.2 Å². The second kappa shape index (κ2) is 5.21. The fraction of sp³-hybridized carbons (Fsp3) is 0.600. The highest BCUT2D eigenvalue weighted by atomic mass is 16.6. The largest absolute Gasteiger partial charge is 0.387 e. The molecule has 104 valence electrons. The summed E-state index contributed by atoms with van der Waals surface area (Å²) in [6.07, 6.45) is 0.734. The quantitative estimate of drug-likeness (QED) is 0.838. The van der Waals surface area contributed by atoms with Crippen LogP contribution in [-0.4, -0.2) is 42.7 Å². The van der Waals surface area contributed by atoms with Gasteiger partial charge >= 0.3 is 0 Å². The summed E-state index contributed by atoms with van der Waals surface area (Å²) in [6, 6.07) is 10.0. The molecule has 2 aliphatic rings. The third-order valence-electron chi connectivity index (χ3n) is 4.16. The van der Waals surface area contributed by atoms with Crippen LogP contribution in [0.4, 0.5) is 0 Å². The van der Waals surface area contributed by atoms with E-state index in [-0.39, 0.29) is 17.8 Å². The highest BCUT2D eigenvalue weighted by Gasteiger charge is 2.58. The van der Waals surface area contributed by atoms with Crippen LogP contribution in [-0.2, 0) is 20.8 Å². The summed E-state index contributed by atoms with van der Waals surface area (Å²) in [5.41, 5.74) is 0.780. The second-order valence-electron chi connectivity index (χ2n) is 5.37. The molecule has 3 rings (SSSR count). The van der Waals surface area contributed by atoms with Crippen LogP contribution in [0, 0.1) is 0 Å². The molecule has 1 saturated heterocycles. The first-order chi connectivity index (χ1) is 9.25. The summed E-state index contributed by atoms with van der Waals surface area (Å²) in [7, 11) is 1.62. The van der Waals surface area contributed by atoms with Crippen LogP contribution in [0.15, 0.2) is 30.3 Å². The van der Waals surface area contributed by atoms with Gasteiger partial charge in [-0.1, -0.05) is 30.3 Å². The number of aliphatic hydroxyl groups excluding tert-OH is 1. The van der Waals surface area contributed by atoms with E-state index >= 15 is 0 Å². The highest BCUT2D eigenvalue weighted by molar-refractivity contribution is 5.14. The van der Waals surface area contributed by atoms with E-state index in [1.54, 1.807) is 7.11 Å². The zero-order valence-electron chi connectivity index (χ0n) is 11.1. The van der Waals surface area contributed by atoms with Crippen LogP contribution in [0.25, 0.3) is 0 Å². The Kier molecular flexibility index (Phi) is 3.58. The SMILES string of the molecule is CO[C@@H]1[C@H](OCc2ccccc2)CC[C@@]2(CO2)[C@H]1O. The van der Waals surface area contributed by atoms with Crippen LogP contribution < -0.4 is 0 Å². The molecule has 0 bridgehead atoms. The fourth-order valence-corrected chi connectivity index (χ4v) is 2.85. The number of rotatable bonds is 4. The van der Waals surface area contributed by atoms with E-state index < -0.39 is 6.10 Å². The third-order valence-corrected chi connectivity index (χ3v) is 4.16. The lowest BCUT2D eigenvalue weighted by Gasteiger charge is -2.38. The van der Waals surface area contributed by atoms with Gasteiger partial charge in [-0.3, -0.25) is 0 Å². The Morgan fingerprint density at radius 2 is 2.11 bits per heavy atom. The first-order valence-electron chi connectivity index (χ1n) is 6.75. The Morgan fingerprint density at radius 1 is 1.37 bits per heavy atom. The van der Waals surface area contributed by atoms with Crippen LogP contribution in [0.3, 0.4) is 0 Å². The number of hydrogen-bond donors (Lipinski definition) is 1. The standard InChI is InChI=1S/C15H20O4/c1-17-13-12(7-8-15(10-19-15)14(13)16)18-9-11-5-3-2-4-6-11/h2-6,12-14,16H,7-10H2,1H3/t12-,13-,14+,15-/m1/s1. The van der Waals surface area contributed by atoms with Crippen molar-refractivity contribution in [3.8, 4) is 0 Å². The molecule has 0 amide bonds. The summed E-state index contributed by atoms with van der Waals surface area (Å²) in [4.78, 5) is 0. The van der Waals surface area contributed by atoms with E-state index in [2.05, 4.69) is 0 Å². The zero-order chi connectivity index (χ0) is 13.3. The molecule has 1 aromatic rings. The van der Waals surface area contributed by atoms with Gasteiger partial charge in [0, 0.05) is 7.11 Å². The number of aliphatic hydroxyl groups is 1. The molecule has 0 unspecified atom stereocenters. The average molecular weight is 264 g/mol. The van der Waals surface area contributed by atoms with E-state index in [0.717, 1.165) is 18.4 Å². The van der Waals surface area contributed by atoms with Crippen molar-refractivity contribution in [1.82, 2.24) is 0 Å². The first kappa shape index (κ1) is 13.1. The van der Waals surface area contributed by atoms with Crippen LogP contribution in [0.2, 0.25) is 0 Å². The Labute approximate surface area is 113 Å². The van der Waals surface area contributed by atoms with Gasteiger partial charge in [-0.25, -0.2) is 0 Å². The van der Waals surface area contributed by atoms with E-state index in [9.17, 15) is 5.11 Å². The third kappa shape index (κ3) is 2.54. The molecule has 19 heavy (non-hydrogen) atoms. The number of hydrogen-bond acceptors (Lipinski definition) is 4. The van der Waals surface area contributed by atoms with Gasteiger partial charge in [-0.2, -0.15) is 0 Å². The normalized spacial score (nSPS) is 37.5. The number of benzene rings is 1. The summed E-state index contributed by atoms with van der Waals surface area (Å²) >= 11 is 0. The number of ether oxygens (including phenoxy) is 3. The lowest BCUT2D eigenvalue weighted by molar-refractivity contribution is -0.156. The summed E-state index contributed by atoms with van der Waals surface area (Å²) in [5.74, 6) is 0. The smallest absolute Gasteiger partial charge is 0.120 e. The average Bonchev–Trinajstić information content (AvgIpc) is 3.23. The Hall–Kier alpha value is -0.940. The van der Waals surface area contributed by atoms with Gasteiger partial charge in [0.05, 0.1) is 19.3 Å². The van der Waals surface area contributed by atoms with Crippen molar-refractivity contribution in [3.63, 3.8) is 0 Å². The molecular weight excluding hydrogens is 244 g/mol. The molecule has 4 heteroatoms. The monoisotopic (exact) mass is 264 g/mol. The van der Waals surface area contributed by atoms with Crippen molar-refractivity contribution >= 4 is 0 Å². The number of epoxide rings is 1. The minimum Gasteiger partial charge on any atom is -0.387 e. The zero-order valence-corrected chi connectivity index (χ0v) is 11.1. The summed E-state index contributed by atoms with van der Waals surface area (Å²) < 4.78 is 16.8. The minimum absolute atomic E-state index is 0.0740. The fourth-order valence-electron chi connectivity index (χ4n) is 2.85. The second-order valence-corrected chi connectivity index (χ2v) is 5.37. The molecular formula is C15H20O4. The van der Waals surface area contributed by atoms with Crippen molar-refractivity contribution < 1.29 is 19.3 Å². The predicted molar refractivity (Wildman–Crippen MR) is 69.7 cm³/mol. The van der Waals surface area contributed by atoms with Crippen LogP contribution in [0.1, 0.15) is 18.4 Å². The van der Waals surface area contributed by atoms with Gasteiger partial charge in [-0.05, 0) is 18.4 Å². The van der Waals surface area contributed by atoms with E-state index in [0.29, 0.717) is 13.2 Å². The molecule has 1 heterocycles. The maximum absolute atomic E-state index is 10.3. The molecule has 4 nitrogen and oxygen atoms in total. The van der Waals surface area contributed by atoms with Crippen LogP contribution in [0.5, 0.6) is 0 Å². The Balaban J connectivity index is 1.61. The number of methoxy groups -OCH3 is 1. The van der Waals surface area contributed by atoms with Gasteiger partial charge in [-0.15, -0.1) is 0 Å². The molecule has 1 N–H and O–H groups in total. The van der Waals surface area contributed by atoms with Gasteiger partial charge < -0.3 is 19.3 Å². The van der Waals surface area contributed by atoms with Crippen molar-refractivity contribution in [1.29, 1.82) is 0 Å². The lowest BCUT2D eigenvalue weighted by atomic mass is 9.82. The van der Waals surface area contributed by atoms with Crippen molar-refractivity contribution in [2.45, 2.75) is 43.4 Å². The van der Waals surface area contributed by atoms with Crippen molar-refractivity contribution in [2.24, 2.45) is 0 Å². The van der Waals surface area contributed by atoms with Gasteiger partial charge in [0.15, 0.2) is 0 Å². The molecule has 1 saturated carbocycles. The first-order valence-corrected chi connectivity index (χ1v) is 6.75. The molecule has 0 radical (unpaired) electrons. The van der Waals surface area contributed by atoms with Crippen molar-refractivity contribution in [2.75, 3.05) is 13.7 Å². The molecule has 1 aromatic carbocycles. The maximum Gasteiger partial charge on any atom is 0.120 e. The molecule has 4 atom stereocenters. The molecule has 1 aliphatic carbocycles. The lowest BCUT2D eigenvalue weighted by Crippen LogP contribution is -2.53. The van der Waals surface area contributed by atoms with Gasteiger partial charge in [0.25, 0.3) is 0 Å². The minimum atomic E-state index is -0.591. The van der Waals surface area contributed by atoms with Gasteiger partial charge in [0.1, 0.15) is 17.8 Å². The van der Waals surface area contributed by atoms with Crippen LogP contribution >= 0.6 is 0 Å². The predicted octanol–water partition coefficient (Wildman–Crippen LogP) is 1.51.